The molecule has 12 aromatic rings. The number of furan rings is 1. The monoisotopic (exact) mass is 1090 g/mol. The van der Waals surface area contributed by atoms with E-state index in [0.717, 1.165) is 49.9 Å². The van der Waals surface area contributed by atoms with Crippen LogP contribution in [0.2, 0.25) is 0 Å². The molecule has 0 saturated carbocycles. The molecular weight excluding hydrogens is 1030 g/mol. The molecule has 0 bridgehead atoms. The molecule has 347 valence electrons. The Hall–Kier alpha value is -7.24. The average Bonchev–Trinajstić information content (AvgIpc) is 3.96. The number of aryl methyl sites for hydroxylation is 1. The maximum atomic E-state index is 7.61. The van der Waals surface area contributed by atoms with Crippen LogP contribution < -0.4 is 0 Å². The first-order chi connectivity index (χ1) is 34.6. The minimum atomic E-state index is -2.21. The van der Waals surface area contributed by atoms with Gasteiger partial charge < -0.3 is 8.98 Å². The molecule has 0 amide bonds. The van der Waals surface area contributed by atoms with Crippen LogP contribution >= 0.6 is 0 Å². The summed E-state index contributed by atoms with van der Waals surface area (Å²) in [6.45, 7) is 12.8. The molecular formula is C64H54IrN4O-2. The molecule has 6 heteroatoms. The predicted molar refractivity (Wildman–Crippen MR) is 288 cm³/mol. The van der Waals surface area contributed by atoms with Gasteiger partial charge in [-0.15, -0.1) is 54.1 Å². The first-order valence-electron chi connectivity index (χ1n) is 25.3. The van der Waals surface area contributed by atoms with Crippen molar-refractivity contribution < 1.29 is 28.6 Å². The van der Waals surface area contributed by atoms with Crippen LogP contribution in [0.3, 0.4) is 0 Å². The Bertz CT molecular complexity index is 3990. The predicted octanol–water partition coefficient (Wildman–Crippen LogP) is 17.3. The Kier molecular flexibility index (Phi) is 11.4. The van der Waals surface area contributed by atoms with E-state index in [2.05, 4.69) is 188 Å². The van der Waals surface area contributed by atoms with E-state index < -0.39 is 6.85 Å². The minimum Gasteiger partial charge on any atom is -0.501 e. The third kappa shape index (κ3) is 8.29. The van der Waals surface area contributed by atoms with E-state index >= 15 is 0 Å². The summed E-state index contributed by atoms with van der Waals surface area (Å²) in [5.41, 5.74) is 12.0. The second-order valence-corrected chi connectivity index (χ2v) is 19.6. The van der Waals surface area contributed by atoms with Crippen LogP contribution in [0.15, 0.2) is 174 Å². The molecule has 0 aliphatic rings. The van der Waals surface area contributed by atoms with Gasteiger partial charge in [-0.3, -0.25) is 15.0 Å². The first kappa shape index (κ1) is 42.8. The quantitative estimate of drug-likeness (QED) is 0.123. The van der Waals surface area contributed by atoms with Crippen LogP contribution in [-0.2, 0) is 25.5 Å². The molecule has 0 atom stereocenters. The molecule has 5 nitrogen and oxygen atoms in total. The summed E-state index contributed by atoms with van der Waals surface area (Å²) in [6, 6.07) is 64.3. The second kappa shape index (κ2) is 18.6. The van der Waals surface area contributed by atoms with Crippen molar-refractivity contribution in [3.8, 4) is 39.6 Å². The Balaban J connectivity index is 0.000000246. The molecule has 3 aromatic heterocycles. The topological polar surface area (TPSA) is 56.7 Å². The smallest absolute Gasteiger partial charge is 0.121 e. The van der Waals surface area contributed by atoms with E-state index in [1.165, 1.54) is 66.5 Å². The Morgan fingerprint density at radius 1 is 0.600 bits per heavy atom. The van der Waals surface area contributed by atoms with Crippen molar-refractivity contribution in [2.24, 2.45) is 0 Å². The molecule has 0 spiro atoms. The van der Waals surface area contributed by atoms with Gasteiger partial charge in [0, 0.05) is 58.0 Å². The number of rotatable bonds is 6. The number of aromatic nitrogens is 4. The molecule has 0 fully saturated rings. The minimum absolute atomic E-state index is 0. The summed E-state index contributed by atoms with van der Waals surface area (Å²) in [5, 5.41) is 9.36. The number of benzene rings is 9. The van der Waals surface area contributed by atoms with Gasteiger partial charge in [0.2, 0.25) is 0 Å². The molecule has 1 radical (unpaired) electrons. The van der Waals surface area contributed by atoms with Crippen molar-refractivity contribution in [3.63, 3.8) is 0 Å². The number of fused-ring (bicyclic) bond motifs is 9. The van der Waals surface area contributed by atoms with Crippen molar-refractivity contribution in [3.05, 3.63) is 205 Å². The largest absolute Gasteiger partial charge is 0.501 e. The van der Waals surface area contributed by atoms with Crippen molar-refractivity contribution >= 4 is 65.3 Å². The Labute approximate surface area is 427 Å². The van der Waals surface area contributed by atoms with Crippen LogP contribution in [0.1, 0.15) is 86.8 Å². The second-order valence-electron chi connectivity index (χ2n) is 19.6. The SMILES string of the molecule is CC(C)c1cc(-c2ccccc2)cc(C(C)C)c1-n1c(-c2[c-]ccc3c2oc2cc4c(ccc5ccccc54)cc23)nc2ccc3ccccc3c21.[2H]C([2H])([2H])c1cnc(-c2[c-]cccc2)nc1C(C)(C)C.[Ir]. The Morgan fingerprint density at radius 2 is 1.27 bits per heavy atom. The molecule has 3 heterocycles. The molecule has 9 aromatic carbocycles. The van der Waals surface area contributed by atoms with Gasteiger partial charge in [0.05, 0.1) is 28.3 Å². The summed E-state index contributed by atoms with van der Waals surface area (Å²) in [4.78, 5) is 14.1. The fourth-order valence-electron chi connectivity index (χ4n) is 9.86. The number of hydrogen-bond acceptors (Lipinski definition) is 4. The van der Waals surface area contributed by atoms with Gasteiger partial charge in [0.25, 0.3) is 0 Å². The van der Waals surface area contributed by atoms with E-state index in [1.807, 2.05) is 45.0 Å². The third-order valence-electron chi connectivity index (χ3n) is 13.3. The molecule has 12 rings (SSSR count). The standard InChI is InChI=1S/C49H37N2O.C15H17N2.Ir/c1-29(2)40-26-35(31-13-6-5-7-14-31)27-41(30(3)4)46(40)51-47-37-18-11-9-16-33(37)23-24-44(47)50-49(51)39-20-12-19-38-43-25-34-22-21-32-15-8-10-17-36(32)42(34)28-45(43)52-48(38)39;1-11-10-16-14(12-8-6-5-7-9-12)17-13(11)15(2,3)4;/h5-19,21-30H,1-4H3;5-8,10H,1-4H3;/q2*-1;/i;1D3;. The third-order valence-corrected chi connectivity index (χ3v) is 13.3. The fraction of sp³-hybridized carbons (Fsp3) is 0.172. The average molecular weight is 1090 g/mol. The van der Waals surface area contributed by atoms with E-state index in [0.29, 0.717) is 11.5 Å². The summed E-state index contributed by atoms with van der Waals surface area (Å²) in [7, 11) is 0. The maximum absolute atomic E-state index is 7.61. The number of hydrogen-bond donors (Lipinski definition) is 0. The van der Waals surface area contributed by atoms with E-state index in [4.69, 9.17) is 13.5 Å². The molecule has 0 N–H and O–H groups in total. The summed E-state index contributed by atoms with van der Waals surface area (Å²) in [6.07, 6.45) is 1.41. The fourth-order valence-corrected chi connectivity index (χ4v) is 9.86. The molecule has 0 saturated heterocycles. The maximum Gasteiger partial charge on any atom is 0.121 e. The number of imidazole rings is 1. The van der Waals surface area contributed by atoms with E-state index in [1.54, 1.807) is 6.07 Å². The van der Waals surface area contributed by atoms with Crippen molar-refractivity contribution in [2.75, 3.05) is 0 Å². The summed E-state index contributed by atoms with van der Waals surface area (Å²) >= 11 is 0. The molecule has 0 aliphatic carbocycles. The summed E-state index contributed by atoms with van der Waals surface area (Å²) < 4.78 is 32.2. The summed E-state index contributed by atoms with van der Waals surface area (Å²) in [5.74, 6) is 1.85. The molecule has 0 aliphatic heterocycles. The Morgan fingerprint density at radius 3 is 1.97 bits per heavy atom. The van der Waals surface area contributed by atoms with Crippen LogP contribution in [0.5, 0.6) is 0 Å². The van der Waals surface area contributed by atoms with Crippen LogP contribution in [0, 0.1) is 19.0 Å². The zero-order chi connectivity index (χ0) is 50.1. The van der Waals surface area contributed by atoms with Gasteiger partial charge in [-0.05, 0) is 104 Å². The molecule has 70 heavy (non-hydrogen) atoms. The first-order valence-corrected chi connectivity index (χ1v) is 23.8. The van der Waals surface area contributed by atoms with Gasteiger partial charge >= 0.3 is 0 Å². The van der Waals surface area contributed by atoms with Gasteiger partial charge in [-0.25, -0.2) is 0 Å². The van der Waals surface area contributed by atoms with E-state index in [-0.39, 0.29) is 42.9 Å². The zero-order valence-electron chi connectivity index (χ0n) is 43.4. The van der Waals surface area contributed by atoms with Crippen LogP contribution in [-0.4, -0.2) is 19.5 Å². The van der Waals surface area contributed by atoms with Gasteiger partial charge in [0.1, 0.15) is 5.58 Å². The van der Waals surface area contributed by atoms with Crippen LogP contribution in [0.25, 0.3) is 105 Å². The number of nitrogens with zero attached hydrogens (tertiary/aromatic N) is 4. The van der Waals surface area contributed by atoms with Gasteiger partial charge in [-0.1, -0.05) is 156 Å². The van der Waals surface area contributed by atoms with Crippen molar-refractivity contribution in [2.45, 2.75) is 72.6 Å². The van der Waals surface area contributed by atoms with Gasteiger partial charge in [0.15, 0.2) is 0 Å². The zero-order valence-corrected chi connectivity index (χ0v) is 42.7. The normalized spacial score (nSPS) is 12.7. The van der Waals surface area contributed by atoms with Crippen LogP contribution in [0.4, 0.5) is 0 Å². The van der Waals surface area contributed by atoms with Gasteiger partial charge in [-0.2, -0.15) is 0 Å². The van der Waals surface area contributed by atoms with Crippen molar-refractivity contribution in [1.29, 1.82) is 0 Å². The van der Waals surface area contributed by atoms with E-state index in [9.17, 15) is 0 Å². The molecule has 0 unspecified atom stereocenters. The van der Waals surface area contributed by atoms with Crippen molar-refractivity contribution in [1.82, 2.24) is 19.5 Å².